The van der Waals surface area contributed by atoms with E-state index in [1.54, 1.807) is 0 Å². The SMILES string of the molecule is CCn1cc(S(=O)[O-])nn1. The van der Waals surface area contributed by atoms with Crippen LogP contribution in [-0.4, -0.2) is 23.8 Å². The monoisotopic (exact) mass is 160 g/mol. The first-order valence-corrected chi connectivity index (χ1v) is 3.81. The van der Waals surface area contributed by atoms with Crippen molar-refractivity contribution >= 4 is 11.1 Å². The van der Waals surface area contributed by atoms with Gasteiger partial charge in [0.05, 0.1) is 6.20 Å². The molecular weight excluding hydrogens is 154 g/mol. The van der Waals surface area contributed by atoms with Crippen LogP contribution < -0.4 is 0 Å². The normalized spacial score (nSPS) is 13.4. The van der Waals surface area contributed by atoms with E-state index in [0.717, 1.165) is 0 Å². The Morgan fingerprint density at radius 1 is 1.90 bits per heavy atom. The van der Waals surface area contributed by atoms with E-state index in [1.165, 1.54) is 10.9 Å². The molecule has 1 unspecified atom stereocenters. The van der Waals surface area contributed by atoms with Gasteiger partial charge in [-0.05, 0) is 6.92 Å². The van der Waals surface area contributed by atoms with E-state index in [0.29, 0.717) is 6.54 Å². The fourth-order valence-electron chi connectivity index (χ4n) is 0.512. The van der Waals surface area contributed by atoms with Crippen molar-refractivity contribution in [2.45, 2.75) is 18.5 Å². The van der Waals surface area contributed by atoms with Crippen LogP contribution in [0.2, 0.25) is 0 Å². The van der Waals surface area contributed by atoms with Crippen molar-refractivity contribution in [1.82, 2.24) is 15.0 Å². The molecule has 0 saturated heterocycles. The van der Waals surface area contributed by atoms with Gasteiger partial charge in [-0.2, -0.15) is 0 Å². The molecule has 56 valence electrons. The zero-order valence-electron chi connectivity index (χ0n) is 5.35. The van der Waals surface area contributed by atoms with Gasteiger partial charge in [0.1, 0.15) is 0 Å². The van der Waals surface area contributed by atoms with E-state index in [1.807, 2.05) is 6.92 Å². The maximum Gasteiger partial charge on any atom is 0.155 e. The minimum absolute atomic E-state index is 0.0122. The molecular formula is C4H6N3O2S-. The third-order valence-corrected chi connectivity index (χ3v) is 1.54. The Hall–Kier alpha value is -0.750. The van der Waals surface area contributed by atoms with Crippen LogP contribution in [0.25, 0.3) is 0 Å². The van der Waals surface area contributed by atoms with Crippen molar-refractivity contribution in [3.63, 3.8) is 0 Å². The molecule has 1 aromatic heterocycles. The quantitative estimate of drug-likeness (QED) is 0.548. The smallest absolute Gasteiger partial charge is 0.155 e. The Kier molecular flexibility index (Phi) is 2.13. The maximum absolute atomic E-state index is 10.2. The first kappa shape index (κ1) is 7.36. The molecule has 1 aromatic rings. The van der Waals surface area contributed by atoms with Gasteiger partial charge in [-0.1, -0.05) is 5.21 Å². The Morgan fingerprint density at radius 3 is 2.90 bits per heavy atom. The molecule has 0 bridgehead atoms. The first-order chi connectivity index (χ1) is 4.74. The lowest BCUT2D eigenvalue weighted by molar-refractivity contribution is 0.533. The van der Waals surface area contributed by atoms with Crippen LogP contribution in [0.1, 0.15) is 6.92 Å². The van der Waals surface area contributed by atoms with Crippen LogP contribution in [0.4, 0.5) is 0 Å². The summed E-state index contributed by atoms with van der Waals surface area (Å²) in [6.07, 6.45) is 1.38. The molecule has 1 atom stereocenters. The molecule has 5 nitrogen and oxygen atoms in total. The molecule has 0 saturated carbocycles. The van der Waals surface area contributed by atoms with Crippen molar-refractivity contribution in [3.8, 4) is 0 Å². The van der Waals surface area contributed by atoms with Crippen molar-refractivity contribution in [2.24, 2.45) is 0 Å². The number of aryl methyl sites for hydroxylation is 1. The van der Waals surface area contributed by atoms with Crippen LogP contribution in [0.3, 0.4) is 0 Å². The standard InChI is InChI=1S/C4H7N3O2S/c1-2-7-3-4(5-6-7)10(8)9/h3H,2H2,1H3,(H,8,9)/p-1. The second kappa shape index (κ2) is 2.89. The molecule has 0 radical (unpaired) electrons. The first-order valence-electron chi connectivity index (χ1n) is 2.73. The van der Waals surface area contributed by atoms with Gasteiger partial charge in [-0.15, -0.1) is 5.10 Å². The zero-order chi connectivity index (χ0) is 7.56. The number of nitrogens with zero attached hydrogens (tertiary/aromatic N) is 3. The lowest BCUT2D eigenvalue weighted by atomic mass is 10.7. The van der Waals surface area contributed by atoms with Gasteiger partial charge in [0.15, 0.2) is 5.03 Å². The van der Waals surface area contributed by atoms with E-state index >= 15 is 0 Å². The van der Waals surface area contributed by atoms with Crippen molar-refractivity contribution in [2.75, 3.05) is 0 Å². The summed E-state index contributed by atoms with van der Waals surface area (Å²) in [6, 6.07) is 0. The van der Waals surface area contributed by atoms with Gasteiger partial charge >= 0.3 is 0 Å². The highest BCUT2D eigenvalue weighted by Gasteiger charge is 1.96. The molecule has 0 spiro atoms. The molecule has 0 fully saturated rings. The Morgan fingerprint density at radius 2 is 2.60 bits per heavy atom. The van der Waals surface area contributed by atoms with E-state index in [2.05, 4.69) is 10.3 Å². The lowest BCUT2D eigenvalue weighted by Gasteiger charge is -1.95. The second-order valence-electron chi connectivity index (χ2n) is 1.65. The van der Waals surface area contributed by atoms with Gasteiger partial charge in [-0.3, -0.25) is 8.89 Å². The third-order valence-electron chi connectivity index (χ3n) is 1.01. The van der Waals surface area contributed by atoms with E-state index in [4.69, 9.17) is 0 Å². The molecule has 0 aromatic carbocycles. The fraction of sp³-hybridized carbons (Fsp3) is 0.500. The van der Waals surface area contributed by atoms with Gasteiger partial charge in [0.25, 0.3) is 0 Å². The predicted molar refractivity (Wildman–Crippen MR) is 32.9 cm³/mol. The average Bonchev–Trinajstić information content (AvgIpc) is 2.34. The van der Waals surface area contributed by atoms with E-state index in [-0.39, 0.29) is 5.03 Å². The molecule has 1 rings (SSSR count). The number of hydrogen-bond donors (Lipinski definition) is 0. The topological polar surface area (TPSA) is 70.8 Å². The fourth-order valence-corrected chi connectivity index (χ4v) is 0.822. The van der Waals surface area contributed by atoms with Crippen LogP contribution in [0, 0.1) is 0 Å². The van der Waals surface area contributed by atoms with Crippen LogP contribution in [0.5, 0.6) is 0 Å². The van der Waals surface area contributed by atoms with Gasteiger partial charge < -0.3 is 4.55 Å². The summed E-state index contributed by atoms with van der Waals surface area (Å²) in [4.78, 5) is 0. The summed E-state index contributed by atoms with van der Waals surface area (Å²) in [5.41, 5.74) is 0. The van der Waals surface area contributed by atoms with E-state index < -0.39 is 11.1 Å². The maximum atomic E-state index is 10.2. The number of rotatable bonds is 2. The minimum Gasteiger partial charge on any atom is -0.767 e. The third kappa shape index (κ3) is 1.39. The van der Waals surface area contributed by atoms with Crippen molar-refractivity contribution < 1.29 is 8.76 Å². The largest absolute Gasteiger partial charge is 0.767 e. The highest BCUT2D eigenvalue weighted by atomic mass is 32.2. The Balaban J connectivity index is 2.88. The van der Waals surface area contributed by atoms with Crippen LogP contribution in [-0.2, 0) is 17.6 Å². The van der Waals surface area contributed by atoms with Crippen LogP contribution in [0.15, 0.2) is 11.2 Å². The molecule has 10 heavy (non-hydrogen) atoms. The molecule has 0 aliphatic carbocycles. The van der Waals surface area contributed by atoms with Gasteiger partial charge in [-0.25, -0.2) is 0 Å². The molecule has 6 heteroatoms. The number of hydrogen-bond acceptors (Lipinski definition) is 4. The summed E-state index contributed by atoms with van der Waals surface area (Å²) in [7, 11) is 0. The van der Waals surface area contributed by atoms with Gasteiger partial charge in [0, 0.05) is 17.6 Å². The highest BCUT2D eigenvalue weighted by molar-refractivity contribution is 7.79. The number of aromatic nitrogens is 3. The Labute approximate surface area is 60.3 Å². The molecule has 0 amide bonds. The molecule has 0 aliphatic rings. The van der Waals surface area contributed by atoms with Crippen molar-refractivity contribution in [1.29, 1.82) is 0 Å². The minimum atomic E-state index is -2.25. The van der Waals surface area contributed by atoms with E-state index in [9.17, 15) is 8.76 Å². The zero-order valence-corrected chi connectivity index (χ0v) is 6.17. The second-order valence-corrected chi connectivity index (χ2v) is 2.53. The van der Waals surface area contributed by atoms with Crippen molar-refractivity contribution in [3.05, 3.63) is 6.20 Å². The molecule has 1 heterocycles. The summed E-state index contributed by atoms with van der Waals surface area (Å²) in [5, 5.41) is 6.90. The summed E-state index contributed by atoms with van der Waals surface area (Å²) < 4.78 is 21.9. The van der Waals surface area contributed by atoms with Crippen LogP contribution >= 0.6 is 0 Å². The molecule has 0 aliphatic heterocycles. The van der Waals surface area contributed by atoms with Gasteiger partial charge in [0.2, 0.25) is 0 Å². The highest BCUT2D eigenvalue weighted by Crippen LogP contribution is 1.95. The Bertz CT molecular complexity index is 246. The summed E-state index contributed by atoms with van der Waals surface area (Å²) in [6.45, 7) is 2.48. The summed E-state index contributed by atoms with van der Waals surface area (Å²) >= 11 is -2.25. The molecule has 0 N–H and O–H groups in total. The average molecular weight is 160 g/mol. The predicted octanol–water partition coefficient (Wildman–Crippen LogP) is -0.464. The summed E-state index contributed by atoms with van der Waals surface area (Å²) in [5.74, 6) is 0. The lowest BCUT2D eigenvalue weighted by Crippen LogP contribution is -1.93.